The average molecular weight is 414 g/mol. The van der Waals surface area contributed by atoms with Crippen LogP contribution in [0.25, 0.3) is 10.9 Å². The minimum atomic E-state index is -4.64. The number of nitrogens with one attached hydrogen (secondary N) is 1. The fraction of sp³-hybridized carbons (Fsp3) is 0.167. The van der Waals surface area contributed by atoms with E-state index >= 15 is 0 Å². The Morgan fingerprint density at radius 1 is 1.21 bits per heavy atom. The van der Waals surface area contributed by atoms with Crippen LogP contribution in [-0.4, -0.2) is 15.7 Å². The molecule has 1 N–H and O–H groups in total. The van der Waals surface area contributed by atoms with Crippen molar-refractivity contribution in [3.05, 3.63) is 68.7 Å². The summed E-state index contributed by atoms with van der Waals surface area (Å²) in [7, 11) is 0. The van der Waals surface area contributed by atoms with Gasteiger partial charge in [-0.25, -0.2) is 4.39 Å². The fourth-order valence-electron chi connectivity index (χ4n) is 2.63. The zero-order chi connectivity index (χ0) is 20.6. The van der Waals surface area contributed by atoms with Crippen molar-refractivity contribution in [1.29, 1.82) is 0 Å². The number of rotatable bonds is 3. The van der Waals surface area contributed by atoms with E-state index in [1.165, 1.54) is 10.7 Å². The molecule has 0 aliphatic carbocycles. The van der Waals surface area contributed by atoms with Crippen molar-refractivity contribution in [2.75, 3.05) is 5.32 Å². The fourth-order valence-corrected chi connectivity index (χ4v) is 2.80. The lowest BCUT2D eigenvalue weighted by Gasteiger charge is -2.13. The Balaban J connectivity index is 2.08. The van der Waals surface area contributed by atoms with Crippen LogP contribution in [0.3, 0.4) is 0 Å². The first-order valence-corrected chi connectivity index (χ1v) is 8.38. The van der Waals surface area contributed by atoms with Crippen molar-refractivity contribution in [1.82, 2.24) is 9.78 Å². The van der Waals surface area contributed by atoms with Crippen LogP contribution < -0.4 is 10.7 Å². The van der Waals surface area contributed by atoms with Gasteiger partial charge in [0.1, 0.15) is 5.82 Å². The lowest BCUT2D eigenvalue weighted by molar-refractivity contribution is -0.137. The molecule has 3 aromatic rings. The van der Waals surface area contributed by atoms with Crippen LogP contribution >= 0.6 is 11.6 Å². The molecule has 0 atom stereocenters. The van der Waals surface area contributed by atoms with Gasteiger partial charge in [-0.1, -0.05) is 11.6 Å². The first-order chi connectivity index (χ1) is 13.1. The molecule has 0 unspecified atom stereocenters. The molecule has 3 rings (SSSR count). The highest BCUT2D eigenvalue weighted by Crippen LogP contribution is 2.33. The van der Waals surface area contributed by atoms with Gasteiger partial charge in [-0.15, -0.1) is 0 Å². The van der Waals surface area contributed by atoms with Crippen molar-refractivity contribution < 1.29 is 22.4 Å². The Bertz CT molecular complexity index is 1140. The zero-order valence-electron chi connectivity index (χ0n) is 14.3. The number of amides is 1. The molecule has 1 amide bonds. The van der Waals surface area contributed by atoms with Crippen molar-refractivity contribution in [2.24, 2.45) is 0 Å². The molecule has 1 aromatic heterocycles. The number of hydrogen-bond donors (Lipinski definition) is 1. The maximum Gasteiger partial charge on any atom is 0.416 e. The molecule has 5 nitrogen and oxygen atoms in total. The van der Waals surface area contributed by atoms with Crippen LogP contribution in [0, 0.1) is 5.82 Å². The van der Waals surface area contributed by atoms with E-state index in [9.17, 15) is 27.2 Å². The number of alkyl halides is 3. The number of halogens is 5. The molecule has 0 aliphatic rings. The Labute approximate surface area is 160 Å². The van der Waals surface area contributed by atoms with Crippen LogP contribution in [0.4, 0.5) is 23.2 Å². The second kappa shape index (κ2) is 7.23. The van der Waals surface area contributed by atoms with Crippen LogP contribution in [0.5, 0.6) is 0 Å². The summed E-state index contributed by atoms with van der Waals surface area (Å²) in [5.41, 5.74) is -2.47. The highest BCUT2D eigenvalue weighted by molar-refractivity contribution is 6.34. The third-order valence-electron chi connectivity index (χ3n) is 3.97. The van der Waals surface area contributed by atoms with Gasteiger partial charge < -0.3 is 5.32 Å². The minimum Gasteiger partial charge on any atom is -0.319 e. The smallest absolute Gasteiger partial charge is 0.319 e. The summed E-state index contributed by atoms with van der Waals surface area (Å²) >= 11 is 5.86. The topological polar surface area (TPSA) is 64.0 Å². The quantitative estimate of drug-likeness (QED) is 0.644. The molecule has 1 heterocycles. The normalized spacial score (nSPS) is 11.6. The molecule has 2 aromatic carbocycles. The summed E-state index contributed by atoms with van der Waals surface area (Å²) in [6, 6.07) is 5.87. The molecular formula is C18H12ClF4N3O2. The van der Waals surface area contributed by atoms with Gasteiger partial charge in [0.05, 0.1) is 27.2 Å². The largest absolute Gasteiger partial charge is 0.416 e. The number of fused-ring (bicyclic) bond motifs is 1. The van der Waals surface area contributed by atoms with Crippen LogP contribution in [0.15, 0.2) is 41.2 Å². The predicted molar refractivity (Wildman–Crippen MR) is 96.0 cm³/mol. The molecule has 28 heavy (non-hydrogen) atoms. The summed E-state index contributed by atoms with van der Waals surface area (Å²) in [6.45, 7) is 1.97. The molecule has 0 bridgehead atoms. The van der Waals surface area contributed by atoms with Crippen molar-refractivity contribution >= 4 is 34.1 Å². The van der Waals surface area contributed by atoms with Crippen LogP contribution in [0.1, 0.15) is 23.0 Å². The molecule has 0 spiro atoms. The van der Waals surface area contributed by atoms with E-state index in [2.05, 4.69) is 10.4 Å². The standard InChI is InChI=1S/C18H12ClF4N3O2/c1-2-26-14-6-4-10(20)8-11(14)16(27)15(25-26)17(28)24-13-7-9(18(21,22)23)3-5-12(13)19/h3-8H,2H2,1H3,(H,24,28). The summed E-state index contributed by atoms with van der Waals surface area (Å²) < 4.78 is 53.5. The maximum absolute atomic E-state index is 13.5. The Hall–Kier alpha value is -2.94. The third-order valence-corrected chi connectivity index (χ3v) is 4.30. The number of benzene rings is 2. The monoisotopic (exact) mass is 413 g/mol. The number of hydrogen-bond acceptors (Lipinski definition) is 3. The van der Waals surface area contributed by atoms with Gasteiger partial charge in [-0.2, -0.15) is 18.3 Å². The molecule has 10 heteroatoms. The number of carbonyl (C=O) groups excluding carboxylic acids is 1. The summed E-state index contributed by atoms with van der Waals surface area (Å²) in [5.74, 6) is -1.73. The molecule has 0 saturated carbocycles. The lowest BCUT2D eigenvalue weighted by Crippen LogP contribution is -2.27. The van der Waals surface area contributed by atoms with E-state index < -0.39 is 34.6 Å². The van der Waals surface area contributed by atoms with E-state index in [0.717, 1.165) is 24.3 Å². The summed E-state index contributed by atoms with van der Waals surface area (Å²) in [5, 5.41) is 5.90. The highest BCUT2D eigenvalue weighted by atomic mass is 35.5. The van der Waals surface area contributed by atoms with Crippen LogP contribution in [-0.2, 0) is 12.7 Å². The average Bonchev–Trinajstić information content (AvgIpc) is 2.63. The van der Waals surface area contributed by atoms with Crippen molar-refractivity contribution in [3.8, 4) is 0 Å². The van der Waals surface area contributed by atoms with Gasteiger partial charge in [-0.3, -0.25) is 14.3 Å². The second-order valence-corrected chi connectivity index (χ2v) is 6.21. The molecular weight excluding hydrogens is 402 g/mol. The van der Waals surface area contributed by atoms with E-state index in [0.29, 0.717) is 11.6 Å². The Morgan fingerprint density at radius 3 is 2.57 bits per heavy atom. The summed E-state index contributed by atoms with van der Waals surface area (Å²) in [4.78, 5) is 25.1. The lowest BCUT2D eigenvalue weighted by atomic mass is 10.1. The first-order valence-electron chi connectivity index (χ1n) is 8.00. The van der Waals surface area contributed by atoms with E-state index in [-0.39, 0.29) is 22.6 Å². The zero-order valence-corrected chi connectivity index (χ0v) is 15.0. The van der Waals surface area contributed by atoms with E-state index in [1.807, 2.05) is 0 Å². The molecule has 146 valence electrons. The van der Waals surface area contributed by atoms with Gasteiger partial charge in [0.25, 0.3) is 5.91 Å². The predicted octanol–water partition coefficient (Wildman–Crippen LogP) is 4.48. The van der Waals surface area contributed by atoms with Crippen LogP contribution in [0.2, 0.25) is 5.02 Å². The first kappa shape index (κ1) is 19.8. The number of carbonyl (C=O) groups is 1. The number of nitrogens with zero attached hydrogens (tertiary/aromatic N) is 2. The highest BCUT2D eigenvalue weighted by Gasteiger charge is 2.31. The molecule has 0 aliphatic heterocycles. The molecule has 0 radical (unpaired) electrons. The SMILES string of the molecule is CCn1nc(C(=O)Nc2cc(C(F)(F)F)ccc2Cl)c(=O)c2cc(F)ccc21. The minimum absolute atomic E-state index is 0.0721. The van der Waals surface area contributed by atoms with Gasteiger partial charge in [-0.05, 0) is 43.3 Å². The van der Waals surface area contributed by atoms with Gasteiger partial charge in [0.2, 0.25) is 5.43 Å². The van der Waals surface area contributed by atoms with Gasteiger partial charge in [0, 0.05) is 6.54 Å². The number of aromatic nitrogens is 2. The summed E-state index contributed by atoms with van der Waals surface area (Å²) in [6.07, 6.45) is -4.64. The van der Waals surface area contributed by atoms with Crippen molar-refractivity contribution in [3.63, 3.8) is 0 Å². The molecule has 0 fully saturated rings. The third kappa shape index (κ3) is 3.70. The molecule has 0 saturated heterocycles. The van der Waals surface area contributed by atoms with E-state index in [4.69, 9.17) is 11.6 Å². The second-order valence-electron chi connectivity index (χ2n) is 5.80. The Morgan fingerprint density at radius 2 is 1.93 bits per heavy atom. The Kier molecular flexibility index (Phi) is 5.12. The van der Waals surface area contributed by atoms with Crippen molar-refractivity contribution in [2.45, 2.75) is 19.6 Å². The maximum atomic E-state index is 13.5. The van der Waals surface area contributed by atoms with Gasteiger partial charge >= 0.3 is 6.18 Å². The van der Waals surface area contributed by atoms with E-state index in [1.54, 1.807) is 6.92 Å². The van der Waals surface area contributed by atoms with Gasteiger partial charge in [0.15, 0.2) is 5.69 Å². The number of anilines is 1. The number of aryl methyl sites for hydroxylation is 1.